The molecule has 3 rings (SSSR count). The van der Waals surface area contributed by atoms with E-state index in [-0.39, 0.29) is 16.8 Å². The zero-order valence-corrected chi connectivity index (χ0v) is 18.2. The van der Waals surface area contributed by atoms with Crippen LogP contribution in [0.4, 0.5) is 5.69 Å². The molecule has 0 aliphatic heterocycles. The smallest absolute Gasteiger partial charge is 0.257 e. The Labute approximate surface area is 170 Å². The number of pyridine rings is 1. The van der Waals surface area contributed by atoms with Crippen molar-refractivity contribution in [3.63, 3.8) is 0 Å². The Hall–Kier alpha value is -2.78. The lowest BCUT2D eigenvalue weighted by atomic mass is 10.1. The van der Waals surface area contributed by atoms with Gasteiger partial charge in [0.25, 0.3) is 5.91 Å². The zero-order chi connectivity index (χ0) is 21.5. The van der Waals surface area contributed by atoms with Crippen LogP contribution in [0.2, 0.25) is 0 Å². The molecule has 0 bridgehead atoms. The molecular weight excluding hydrogens is 390 g/mol. The molecule has 0 fully saturated rings. The summed E-state index contributed by atoms with van der Waals surface area (Å²) in [5.74, 6) is -0.350. The summed E-state index contributed by atoms with van der Waals surface area (Å²) in [4.78, 5) is 17.6. The molecule has 8 nitrogen and oxygen atoms in total. The normalized spacial score (nSPS) is 12.1. The van der Waals surface area contributed by atoms with E-state index in [1.807, 2.05) is 25.5 Å². The molecule has 0 unspecified atom stereocenters. The number of aryl methyl sites for hydroxylation is 2. The van der Waals surface area contributed by atoms with Gasteiger partial charge in [0, 0.05) is 31.2 Å². The first-order chi connectivity index (χ1) is 13.5. The van der Waals surface area contributed by atoms with Crippen molar-refractivity contribution < 1.29 is 13.2 Å². The summed E-state index contributed by atoms with van der Waals surface area (Å²) in [5, 5.41) is 7.94. The van der Waals surface area contributed by atoms with Crippen molar-refractivity contribution in [1.29, 1.82) is 0 Å². The van der Waals surface area contributed by atoms with E-state index in [0.29, 0.717) is 16.9 Å². The van der Waals surface area contributed by atoms with Crippen molar-refractivity contribution in [2.75, 3.05) is 19.4 Å². The number of aromatic nitrogens is 3. The van der Waals surface area contributed by atoms with Gasteiger partial charge in [-0.05, 0) is 51.5 Å². The molecule has 0 saturated carbocycles. The lowest BCUT2D eigenvalue weighted by Gasteiger charge is -2.15. The van der Waals surface area contributed by atoms with Crippen molar-refractivity contribution in [3.05, 3.63) is 47.3 Å². The van der Waals surface area contributed by atoms with Crippen molar-refractivity contribution in [1.82, 2.24) is 19.1 Å². The number of fused-ring (bicyclic) bond motifs is 1. The predicted molar refractivity (Wildman–Crippen MR) is 113 cm³/mol. The molecule has 0 spiro atoms. The highest BCUT2D eigenvalue weighted by atomic mass is 32.2. The maximum absolute atomic E-state index is 12.9. The Morgan fingerprint density at radius 2 is 1.86 bits per heavy atom. The average Bonchev–Trinajstić information content (AvgIpc) is 3.05. The van der Waals surface area contributed by atoms with Crippen LogP contribution in [-0.2, 0) is 10.0 Å². The van der Waals surface area contributed by atoms with Gasteiger partial charge in [-0.25, -0.2) is 22.4 Å². The number of carbonyl (C=O) groups is 1. The molecule has 1 N–H and O–H groups in total. The summed E-state index contributed by atoms with van der Waals surface area (Å²) in [6.45, 7) is 7.61. The van der Waals surface area contributed by atoms with Gasteiger partial charge in [0.1, 0.15) is 0 Å². The monoisotopic (exact) mass is 415 g/mol. The summed E-state index contributed by atoms with van der Waals surface area (Å²) >= 11 is 0. The van der Waals surface area contributed by atoms with Gasteiger partial charge < -0.3 is 5.32 Å². The maximum atomic E-state index is 12.9. The molecule has 0 saturated heterocycles. The van der Waals surface area contributed by atoms with Gasteiger partial charge >= 0.3 is 0 Å². The van der Waals surface area contributed by atoms with Crippen LogP contribution in [0.5, 0.6) is 0 Å². The Morgan fingerprint density at radius 3 is 2.48 bits per heavy atom. The third-order valence-corrected chi connectivity index (χ3v) is 6.54. The number of rotatable bonds is 5. The Morgan fingerprint density at radius 1 is 1.17 bits per heavy atom. The zero-order valence-electron chi connectivity index (χ0n) is 17.4. The summed E-state index contributed by atoms with van der Waals surface area (Å²) in [6, 6.07) is 6.59. The van der Waals surface area contributed by atoms with Gasteiger partial charge in [0.05, 0.1) is 22.3 Å². The van der Waals surface area contributed by atoms with Crippen LogP contribution < -0.4 is 5.32 Å². The van der Waals surface area contributed by atoms with Crippen molar-refractivity contribution in [3.8, 4) is 0 Å². The van der Waals surface area contributed by atoms with Gasteiger partial charge in [0.2, 0.25) is 10.0 Å². The third kappa shape index (κ3) is 3.88. The van der Waals surface area contributed by atoms with Gasteiger partial charge in [0.15, 0.2) is 5.65 Å². The Bertz CT molecular complexity index is 1200. The Kier molecular flexibility index (Phi) is 5.46. The van der Waals surface area contributed by atoms with E-state index in [1.165, 1.54) is 26.2 Å². The maximum Gasteiger partial charge on any atom is 0.257 e. The van der Waals surface area contributed by atoms with Crippen molar-refractivity contribution >= 4 is 32.7 Å². The molecule has 9 heteroatoms. The van der Waals surface area contributed by atoms with Crippen molar-refractivity contribution in [2.24, 2.45) is 0 Å². The lowest BCUT2D eigenvalue weighted by Crippen LogP contribution is -2.22. The average molecular weight is 416 g/mol. The molecule has 2 aromatic heterocycles. The highest BCUT2D eigenvalue weighted by molar-refractivity contribution is 7.89. The highest BCUT2D eigenvalue weighted by Crippen LogP contribution is 2.24. The number of carbonyl (C=O) groups excluding carboxylic acids is 1. The molecule has 1 aromatic carbocycles. The largest absolute Gasteiger partial charge is 0.322 e. The highest BCUT2D eigenvalue weighted by Gasteiger charge is 2.20. The number of anilines is 1. The third-order valence-electron chi connectivity index (χ3n) is 4.73. The molecule has 0 aliphatic rings. The minimum atomic E-state index is -3.60. The van der Waals surface area contributed by atoms with Crippen LogP contribution in [0.3, 0.4) is 0 Å². The number of nitrogens with zero attached hydrogens (tertiary/aromatic N) is 4. The molecule has 0 aliphatic carbocycles. The van der Waals surface area contributed by atoms with Crippen LogP contribution >= 0.6 is 0 Å². The van der Waals surface area contributed by atoms with E-state index >= 15 is 0 Å². The molecular formula is C20H25N5O3S. The first-order valence-corrected chi connectivity index (χ1v) is 10.7. The summed E-state index contributed by atoms with van der Waals surface area (Å²) in [7, 11) is -0.666. The molecule has 0 atom stereocenters. The number of hydrogen-bond donors (Lipinski definition) is 1. The molecule has 29 heavy (non-hydrogen) atoms. The number of nitrogens with one attached hydrogen (secondary N) is 1. The minimum absolute atomic E-state index is 0.118. The Balaban J connectivity index is 1.98. The number of benzene rings is 1. The van der Waals surface area contributed by atoms with E-state index in [9.17, 15) is 13.2 Å². The van der Waals surface area contributed by atoms with Crippen LogP contribution in [0.1, 0.15) is 41.5 Å². The second kappa shape index (κ2) is 7.57. The number of amides is 1. The fraction of sp³-hybridized carbons (Fsp3) is 0.350. The first kappa shape index (κ1) is 20.9. The van der Waals surface area contributed by atoms with E-state index in [2.05, 4.69) is 15.4 Å². The summed E-state index contributed by atoms with van der Waals surface area (Å²) in [5.41, 5.74) is 2.92. The molecule has 0 radical (unpaired) electrons. The van der Waals surface area contributed by atoms with Crippen molar-refractivity contribution in [2.45, 2.75) is 38.6 Å². The first-order valence-electron chi connectivity index (χ1n) is 9.21. The van der Waals surface area contributed by atoms with E-state index in [1.54, 1.807) is 25.3 Å². The number of sulfonamides is 1. The van der Waals surface area contributed by atoms with Crippen LogP contribution in [-0.4, -0.2) is 47.5 Å². The molecule has 154 valence electrons. The van der Waals surface area contributed by atoms with Gasteiger partial charge in [-0.15, -0.1) is 0 Å². The van der Waals surface area contributed by atoms with E-state index in [4.69, 9.17) is 0 Å². The molecule has 3 aromatic rings. The van der Waals surface area contributed by atoms with Crippen LogP contribution in [0, 0.1) is 13.8 Å². The fourth-order valence-electron chi connectivity index (χ4n) is 2.97. The minimum Gasteiger partial charge on any atom is -0.322 e. The van der Waals surface area contributed by atoms with Crippen LogP contribution in [0.25, 0.3) is 11.0 Å². The van der Waals surface area contributed by atoms with E-state index < -0.39 is 10.0 Å². The molecule has 1 amide bonds. The van der Waals surface area contributed by atoms with Gasteiger partial charge in [-0.2, -0.15) is 5.10 Å². The van der Waals surface area contributed by atoms with Gasteiger partial charge in [-0.3, -0.25) is 4.79 Å². The van der Waals surface area contributed by atoms with Crippen LogP contribution in [0.15, 0.2) is 35.4 Å². The number of hydrogen-bond acceptors (Lipinski definition) is 5. The second-order valence-corrected chi connectivity index (χ2v) is 9.59. The SMILES string of the molecule is Cc1ccc(S(=O)(=O)N(C)C)cc1NC(=O)c1cc2cnn(C(C)C)c2nc1C. The predicted octanol–water partition coefficient (Wildman–Crippen LogP) is 3.13. The second-order valence-electron chi connectivity index (χ2n) is 7.44. The molecule has 2 heterocycles. The lowest BCUT2D eigenvalue weighted by molar-refractivity contribution is 0.102. The van der Waals surface area contributed by atoms with Gasteiger partial charge in [-0.1, -0.05) is 6.07 Å². The standard InChI is InChI=1S/C20H25N5O3S/c1-12(2)25-19-15(11-21-25)9-17(14(4)22-19)20(26)23-18-10-16(8-7-13(18)3)29(27,28)24(5)6/h7-12H,1-6H3,(H,23,26). The quantitative estimate of drug-likeness (QED) is 0.690. The summed E-state index contributed by atoms with van der Waals surface area (Å²) < 4.78 is 27.8. The summed E-state index contributed by atoms with van der Waals surface area (Å²) in [6.07, 6.45) is 1.69. The van der Waals surface area contributed by atoms with E-state index in [0.717, 1.165) is 20.9 Å². The fourth-order valence-corrected chi connectivity index (χ4v) is 3.90. The topological polar surface area (TPSA) is 97.2 Å².